The Morgan fingerprint density at radius 2 is 1.78 bits per heavy atom. The predicted octanol–water partition coefficient (Wildman–Crippen LogP) is 4.47. The van der Waals surface area contributed by atoms with Crippen molar-refractivity contribution in [3.8, 4) is 11.5 Å². The zero-order valence-electron chi connectivity index (χ0n) is 14.6. The molecule has 0 amide bonds. The Morgan fingerprint density at radius 3 is 2.48 bits per heavy atom. The molecule has 0 aliphatic heterocycles. The van der Waals surface area contributed by atoms with Crippen molar-refractivity contribution in [2.24, 2.45) is 0 Å². The van der Waals surface area contributed by atoms with E-state index in [9.17, 15) is 0 Å². The summed E-state index contributed by atoms with van der Waals surface area (Å²) in [5.41, 5.74) is 3.61. The molecule has 0 saturated heterocycles. The van der Waals surface area contributed by atoms with E-state index in [1.165, 1.54) is 11.1 Å². The molecule has 3 nitrogen and oxygen atoms in total. The van der Waals surface area contributed by atoms with Crippen LogP contribution >= 0.6 is 0 Å². The van der Waals surface area contributed by atoms with Gasteiger partial charge in [-0.3, -0.25) is 0 Å². The van der Waals surface area contributed by atoms with E-state index in [0.717, 1.165) is 23.6 Å². The number of aryl methyl sites for hydroxylation is 1. The summed E-state index contributed by atoms with van der Waals surface area (Å²) in [6.07, 6.45) is 0. The first kappa shape index (κ1) is 17.4. The molecule has 124 valence electrons. The van der Waals surface area contributed by atoms with Gasteiger partial charge in [-0.2, -0.15) is 0 Å². The van der Waals surface area contributed by atoms with Crippen molar-refractivity contribution in [1.29, 1.82) is 0 Å². The van der Waals surface area contributed by atoms with Gasteiger partial charge >= 0.3 is 0 Å². The van der Waals surface area contributed by atoms with E-state index in [0.29, 0.717) is 19.3 Å². The molecule has 0 aliphatic rings. The summed E-state index contributed by atoms with van der Waals surface area (Å²) in [5, 5.41) is 3.42. The molecule has 0 radical (unpaired) electrons. The second-order valence-corrected chi connectivity index (χ2v) is 6.03. The van der Waals surface area contributed by atoms with Crippen LogP contribution in [-0.4, -0.2) is 12.6 Å². The molecule has 0 saturated carbocycles. The second kappa shape index (κ2) is 8.59. The van der Waals surface area contributed by atoms with Crippen LogP contribution in [0.15, 0.2) is 42.5 Å². The summed E-state index contributed by atoms with van der Waals surface area (Å²) in [7, 11) is 0. The summed E-state index contributed by atoms with van der Waals surface area (Å²) in [5.74, 6) is 1.60. The highest BCUT2D eigenvalue weighted by molar-refractivity contribution is 5.43. The van der Waals surface area contributed by atoms with Crippen molar-refractivity contribution >= 4 is 0 Å². The first-order chi connectivity index (χ1) is 11.1. The molecule has 0 unspecified atom stereocenters. The average molecular weight is 313 g/mol. The van der Waals surface area contributed by atoms with Gasteiger partial charge in [0.05, 0.1) is 6.61 Å². The highest BCUT2D eigenvalue weighted by atomic mass is 16.5. The van der Waals surface area contributed by atoms with E-state index >= 15 is 0 Å². The largest absolute Gasteiger partial charge is 0.490 e. The predicted molar refractivity (Wildman–Crippen MR) is 95.1 cm³/mol. The molecule has 2 aromatic carbocycles. The van der Waals surface area contributed by atoms with E-state index in [1.54, 1.807) is 0 Å². The van der Waals surface area contributed by atoms with Gasteiger partial charge in [-0.1, -0.05) is 49.7 Å². The molecule has 0 aliphatic carbocycles. The number of hydrogen-bond donors (Lipinski definition) is 1. The monoisotopic (exact) mass is 313 g/mol. The van der Waals surface area contributed by atoms with Crippen molar-refractivity contribution in [3.05, 3.63) is 59.2 Å². The lowest BCUT2D eigenvalue weighted by atomic mass is 10.1. The topological polar surface area (TPSA) is 30.5 Å². The first-order valence-electron chi connectivity index (χ1n) is 8.26. The van der Waals surface area contributed by atoms with Gasteiger partial charge in [0, 0.05) is 12.6 Å². The van der Waals surface area contributed by atoms with Crippen molar-refractivity contribution in [2.45, 2.75) is 46.9 Å². The molecule has 0 heterocycles. The minimum atomic E-state index is 0.461. The third kappa shape index (κ3) is 5.61. The zero-order valence-corrected chi connectivity index (χ0v) is 14.6. The third-order valence-electron chi connectivity index (χ3n) is 3.50. The van der Waals surface area contributed by atoms with Crippen molar-refractivity contribution in [2.75, 3.05) is 6.61 Å². The molecule has 23 heavy (non-hydrogen) atoms. The molecule has 0 aromatic heterocycles. The van der Waals surface area contributed by atoms with Gasteiger partial charge in [0.25, 0.3) is 0 Å². The Hall–Kier alpha value is -2.00. The average Bonchev–Trinajstić information content (AvgIpc) is 2.52. The van der Waals surface area contributed by atoms with E-state index in [4.69, 9.17) is 9.47 Å². The number of rotatable bonds is 8. The quantitative estimate of drug-likeness (QED) is 0.780. The van der Waals surface area contributed by atoms with Crippen molar-refractivity contribution in [3.63, 3.8) is 0 Å². The van der Waals surface area contributed by atoms with Gasteiger partial charge in [-0.25, -0.2) is 0 Å². The molecule has 0 fully saturated rings. The first-order valence-corrected chi connectivity index (χ1v) is 8.26. The molecular weight excluding hydrogens is 286 g/mol. The minimum absolute atomic E-state index is 0.461. The van der Waals surface area contributed by atoms with E-state index in [1.807, 2.05) is 13.0 Å². The van der Waals surface area contributed by atoms with Crippen LogP contribution in [0, 0.1) is 6.92 Å². The lowest BCUT2D eigenvalue weighted by Gasteiger charge is -2.15. The number of nitrogens with one attached hydrogen (secondary N) is 1. The van der Waals surface area contributed by atoms with Crippen LogP contribution in [0.4, 0.5) is 0 Å². The summed E-state index contributed by atoms with van der Waals surface area (Å²) >= 11 is 0. The molecule has 1 N–H and O–H groups in total. The van der Waals surface area contributed by atoms with Gasteiger partial charge in [0.15, 0.2) is 11.5 Å². The van der Waals surface area contributed by atoms with Crippen LogP contribution in [0.25, 0.3) is 0 Å². The summed E-state index contributed by atoms with van der Waals surface area (Å²) in [6, 6.07) is 15.0. The Balaban J connectivity index is 2.07. The number of ether oxygens (including phenoxy) is 2. The Morgan fingerprint density at radius 1 is 0.957 bits per heavy atom. The SMILES string of the molecule is CCOc1cc(CNC(C)C)ccc1OCc1cccc(C)c1. The number of hydrogen-bond acceptors (Lipinski definition) is 3. The van der Waals surface area contributed by atoms with Gasteiger partial charge in [0.2, 0.25) is 0 Å². The van der Waals surface area contributed by atoms with Crippen molar-refractivity contribution in [1.82, 2.24) is 5.32 Å². The number of benzene rings is 2. The standard InChI is InChI=1S/C20H27NO2/c1-5-22-20-12-17(13-21-15(2)3)9-10-19(20)23-14-18-8-6-7-16(4)11-18/h6-12,15,21H,5,13-14H2,1-4H3. The maximum absolute atomic E-state index is 5.97. The van der Waals surface area contributed by atoms with E-state index in [-0.39, 0.29) is 0 Å². The van der Waals surface area contributed by atoms with Crippen LogP contribution in [0.2, 0.25) is 0 Å². The molecular formula is C20H27NO2. The Labute approximate surface area is 139 Å². The fraction of sp³-hybridized carbons (Fsp3) is 0.400. The van der Waals surface area contributed by atoms with E-state index in [2.05, 4.69) is 62.5 Å². The minimum Gasteiger partial charge on any atom is -0.490 e. The maximum atomic E-state index is 5.97. The van der Waals surface area contributed by atoms with E-state index < -0.39 is 0 Å². The van der Waals surface area contributed by atoms with Crippen LogP contribution in [-0.2, 0) is 13.2 Å². The smallest absolute Gasteiger partial charge is 0.161 e. The maximum Gasteiger partial charge on any atom is 0.161 e. The van der Waals surface area contributed by atoms with Crippen LogP contribution in [0.5, 0.6) is 11.5 Å². The lowest BCUT2D eigenvalue weighted by molar-refractivity contribution is 0.269. The van der Waals surface area contributed by atoms with Gasteiger partial charge in [0.1, 0.15) is 6.61 Å². The second-order valence-electron chi connectivity index (χ2n) is 6.03. The highest BCUT2D eigenvalue weighted by Gasteiger charge is 2.07. The van der Waals surface area contributed by atoms with Crippen LogP contribution in [0.1, 0.15) is 37.5 Å². The molecule has 3 heteroatoms. The lowest BCUT2D eigenvalue weighted by Crippen LogP contribution is -2.21. The van der Waals surface area contributed by atoms with Gasteiger partial charge in [-0.15, -0.1) is 0 Å². The summed E-state index contributed by atoms with van der Waals surface area (Å²) in [4.78, 5) is 0. The highest BCUT2D eigenvalue weighted by Crippen LogP contribution is 2.29. The Bertz CT molecular complexity index is 623. The van der Waals surface area contributed by atoms with Gasteiger partial charge < -0.3 is 14.8 Å². The molecule has 2 aromatic rings. The molecule has 0 atom stereocenters. The normalized spacial score (nSPS) is 10.8. The third-order valence-corrected chi connectivity index (χ3v) is 3.50. The van der Waals surface area contributed by atoms with Crippen LogP contribution < -0.4 is 14.8 Å². The summed E-state index contributed by atoms with van der Waals surface area (Å²) in [6.45, 7) is 10.4. The van der Waals surface area contributed by atoms with Crippen LogP contribution in [0.3, 0.4) is 0 Å². The fourth-order valence-electron chi connectivity index (χ4n) is 2.33. The molecule has 0 bridgehead atoms. The van der Waals surface area contributed by atoms with Crippen molar-refractivity contribution < 1.29 is 9.47 Å². The summed E-state index contributed by atoms with van der Waals surface area (Å²) < 4.78 is 11.7. The Kier molecular flexibility index (Phi) is 6.48. The van der Waals surface area contributed by atoms with Gasteiger partial charge in [-0.05, 0) is 37.1 Å². The molecule has 2 rings (SSSR count). The fourth-order valence-corrected chi connectivity index (χ4v) is 2.33. The zero-order chi connectivity index (χ0) is 16.7. The molecule has 0 spiro atoms.